The summed E-state index contributed by atoms with van der Waals surface area (Å²) in [4.78, 5) is 2.42. The molecule has 8 heteroatoms. The Kier molecular flexibility index (Phi) is 4.60. The molecule has 2 rings (SSSR count). The number of sulfonamides is 1. The average molecular weight is 293 g/mol. The molecule has 0 bridgehead atoms. The van der Waals surface area contributed by atoms with Crippen molar-refractivity contribution < 1.29 is 8.42 Å². The fourth-order valence-corrected chi connectivity index (χ4v) is 3.68. The highest BCUT2D eigenvalue weighted by molar-refractivity contribution is 7.89. The lowest BCUT2D eigenvalue weighted by Crippen LogP contribution is -2.35. The van der Waals surface area contributed by atoms with E-state index in [-0.39, 0.29) is 4.90 Å². The summed E-state index contributed by atoms with van der Waals surface area (Å²) in [6.07, 6.45) is 3.58. The summed E-state index contributed by atoms with van der Waals surface area (Å²) in [6, 6.07) is 0. The van der Waals surface area contributed by atoms with Crippen LogP contribution < -0.4 is 0 Å². The van der Waals surface area contributed by atoms with Gasteiger partial charge in [0.2, 0.25) is 10.0 Å². The van der Waals surface area contributed by atoms with Crippen LogP contribution in [0.3, 0.4) is 0 Å². The first kappa shape index (κ1) is 13.8. The number of aromatic nitrogens is 2. The van der Waals surface area contributed by atoms with E-state index in [0.717, 1.165) is 26.1 Å². The average Bonchev–Trinajstić information content (AvgIpc) is 2.78. The summed E-state index contributed by atoms with van der Waals surface area (Å²) in [5, 5.41) is 6.23. The molecule has 1 aliphatic rings. The molecule has 0 spiro atoms. The third kappa shape index (κ3) is 3.03. The van der Waals surface area contributed by atoms with E-state index in [1.165, 1.54) is 16.7 Å². The standard InChI is InChI=1S/C10H17ClN4O2S/c11-2-5-14-3-1-4-15(7-6-14)18(16,17)10-8-12-13-9-10/h8-9H,1-7H2,(H,12,13). The van der Waals surface area contributed by atoms with Crippen LogP contribution in [0.2, 0.25) is 0 Å². The lowest BCUT2D eigenvalue weighted by atomic mass is 10.4. The molecule has 0 atom stereocenters. The Labute approximate surface area is 112 Å². The smallest absolute Gasteiger partial charge is 0.246 e. The number of rotatable bonds is 4. The largest absolute Gasteiger partial charge is 0.301 e. The Balaban J connectivity index is 2.06. The molecule has 1 aromatic heterocycles. The topological polar surface area (TPSA) is 69.3 Å². The first-order valence-corrected chi connectivity index (χ1v) is 7.89. The number of alkyl halides is 1. The SMILES string of the molecule is O=S(=O)(c1cn[nH]c1)N1CCCN(CCCl)CC1. The monoisotopic (exact) mass is 292 g/mol. The fourth-order valence-electron chi connectivity index (χ4n) is 2.06. The van der Waals surface area contributed by atoms with Crippen molar-refractivity contribution in [2.24, 2.45) is 0 Å². The molecule has 0 unspecified atom stereocenters. The summed E-state index contributed by atoms with van der Waals surface area (Å²) in [7, 11) is -3.40. The minimum absolute atomic E-state index is 0.230. The van der Waals surface area contributed by atoms with Crippen molar-refractivity contribution in [2.75, 3.05) is 38.6 Å². The van der Waals surface area contributed by atoms with Gasteiger partial charge in [-0.25, -0.2) is 8.42 Å². The second kappa shape index (κ2) is 6.01. The molecule has 0 amide bonds. The molecule has 0 saturated carbocycles. The predicted molar refractivity (Wildman–Crippen MR) is 69.1 cm³/mol. The highest BCUT2D eigenvalue weighted by Crippen LogP contribution is 2.16. The number of halogens is 1. The summed E-state index contributed by atoms with van der Waals surface area (Å²) >= 11 is 5.71. The number of nitrogens with one attached hydrogen (secondary N) is 1. The van der Waals surface area contributed by atoms with Crippen molar-refractivity contribution in [1.82, 2.24) is 19.4 Å². The van der Waals surface area contributed by atoms with Gasteiger partial charge in [-0.2, -0.15) is 9.40 Å². The zero-order chi connectivity index (χ0) is 13.0. The Morgan fingerprint density at radius 2 is 2.17 bits per heavy atom. The molecule has 1 N–H and O–H groups in total. The van der Waals surface area contributed by atoms with Crippen LogP contribution in [0, 0.1) is 0 Å². The third-order valence-electron chi connectivity index (χ3n) is 3.06. The van der Waals surface area contributed by atoms with Gasteiger partial charge in [0, 0.05) is 38.3 Å². The summed E-state index contributed by atoms with van der Waals surface area (Å²) in [5.41, 5.74) is 0. The number of H-pyrrole nitrogens is 1. The first-order chi connectivity index (χ1) is 8.64. The van der Waals surface area contributed by atoms with Gasteiger partial charge >= 0.3 is 0 Å². The van der Waals surface area contributed by atoms with Crippen molar-refractivity contribution in [3.8, 4) is 0 Å². The van der Waals surface area contributed by atoms with Crippen molar-refractivity contribution >= 4 is 21.6 Å². The normalized spacial score (nSPS) is 19.8. The van der Waals surface area contributed by atoms with E-state index >= 15 is 0 Å². The molecule has 1 fully saturated rings. The highest BCUT2D eigenvalue weighted by atomic mass is 35.5. The molecule has 1 aromatic rings. The molecule has 1 aliphatic heterocycles. The minimum atomic E-state index is -3.40. The number of nitrogens with zero attached hydrogens (tertiary/aromatic N) is 3. The Bertz CT molecular complexity index is 462. The van der Waals surface area contributed by atoms with Crippen molar-refractivity contribution in [3.63, 3.8) is 0 Å². The van der Waals surface area contributed by atoms with Crippen LogP contribution >= 0.6 is 11.6 Å². The molecule has 18 heavy (non-hydrogen) atoms. The number of hydrogen-bond donors (Lipinski definition) is 1. The summed E-state index contributed by atoms with van der Waals surface area (Å²) < 4.78 is 26.1. The molecular weight excluding hydrogens is 276 g/mol. The van der Waals surface area contributed by atoms with E-state index in [2.05, 4.69) is 15.1 Å². The van der Waals surface area contributed by atoms with E-state index in [9.17, 15) is 8.42 Å². The van der Waals surface area contributed by atoms with Gasteiger partial charge in [0.05, 0.1) is 6.20 Å². The Morgan fingerprint density at radius 3 is 2.83 bits per heavy atom. The quantitative estimate of drug-likeness (QED) is 0.813. The van der Waals surface area contributed by atoms with E-state index in [1.807, 2.05) is 0 Å². The van der Waals surface area contributed by atoms with Gasteiger partial charge in [-0.15, -0.1) is 11.6 Å². The van der Waals surface area contributed by atoms with Gasteiger partial charge in [0.1, 0.15) is 4.90 Å². The maximum absolute atomic E-state index is 12.3. The van der Waals surface area contributed by atoms with E-state index in [1.54, 1.807) is 0 Å². The van der Waals surface area contributed by atoms with Crippen LogP contribution in [0.1, 0.15) is 6.42 Å². The predicted octanol–water partition coefficient (Wildman–Crippen LogP) is 0.345. The van der Waals surface area contributed by atoms with Crippen LogP contribution in [0.5, 0.6) is 0 Å². The Morgan fingerprint density at radius 1 is 1.33 bits per heavy atom. The molecule has 6 nitrogen and oxygen atoms in total. The molecule has 0 aromatic carbocycles. The minimum Gasteiger partial charge on any atom is -0.301 e. The van der Waals surface area contributed by atoms with Crippen molar-refractivity contribution in [3.05, 3.63) is 12.4 Å². The van der Waals surface area contributed by atoms with E-state index in [4.69, 9.17) is 11.6 Å². The van der Waals surface area contributed by atoms with Crippen LogP contribution in [0.4, 0.5) is 0 Å². The van der Waals surface area contributed by atoms with E-state index < -0.39 is 10.0 Å². The third-order valence-corrected chi connectivity index (χ3v) is 5.09. The van der Waals surface area contributed by atoms with Crippen LogP contribution in [0.15, 0.2) is 17.3 Å². The first-order valence-electron chi connectivity index (χ1n) is 5.92. The Hall–Kier alpha value is -0.630. The van der Waals surface area contributed by atoms with Gasteiger partial charge in [0.25, 0.3) is 0 Å². The maximum Gasteiger partial charge on any atom is 0.246 e. The fraction of sp³-hybridized carbons (Fsp3) is 0.700. The maximum atomic E-state index is 12.3. The van der Waals surface area contributed by atoms with Gasteiger partial charge in [0.15, 0.2) is 0 Å². The second-order valence-corrected chi connectivity index (χ2v) is 6.54. The van der Waals surface area contributed by atoms with Gasteiger partial charge in [-0.1, -0.05) is 0 Å². The molecule has 1 saturated heterocycles. The number of hydrogen-bond acceptors (Lipinski definition) is 4. The zero-order valence-electron chi connectivity index (χ0n) is 10.0. The lowest BCUT2D eigenvalue weighted by Gasteiger charge is -2.20. The second-order valence-electron chi connectivity index (χ2n) is 4.22. The molecule has 102 valence electrons. The van der Waals surface area contributed by atoms with Gasteiger partial charge in [-0.3, -0.25) is 5.10 Å². The van der Waals surface area contributed by atoms with Gasteiger partial charge in [-0.05, 0) is 13.0 Å². The lowest BCUT2D eigenvalue weighted by molar-refractivity contribution is 0.303. The summed E-state index contributed by atoms with van der Waals surface area (Å²) in [5.74, 6) is 0.578. The van der Waals surface area contributed by atoms with Crippen molar-refractivity contribution in [1.29, 1.82) is 0 Å². The van der Waals surface area contributed by atoms with E-state index in [0.29, 0.717) is 19.0 Å². The van der Waals surface area contributed by atoms with Crippen LogP contribution in [-0.2, 0) is 10.0 Å². The number of aromatic amines is 1. The molecular formula is C10H17ClN4O2S. The highest BCUT2D eigenvalue weighted by Gasteiger charge is 2.27. The van der Waals surface area contributed by atoms with Crippen molar-refractivity contribution in [2.45, 2.75) is 11.3 Å². The van der Waals surface area contributed by atoms with Gasteiger partial charge < -0.3 is 4.90 Å². The molecule has 2 heterocycles. The molecule has 0 radical (unpaired) electrons. The zero-order valence-corrected chi connectivity index (χ0v) is 11.6. The molecule has 0 aliphatic carbocycles. The van der Waals surface area contributed by atoms with Crippen LogP contribution in [-0.4, -0.2) is 66.4 Å². The van der Waals surface area contributed by atoms with Crippen LogP contribution in [0.25, 0.3) is 0 Å². The summed E-state index contributed by atoms with van der Waals surface area (Å²) in [6.45, 7) is 3.48.